The molecule has 2 N–H and O–H groups in total. The summed E-state index contributed by atoms with van der Waals surface area (Å²) in [6, 6.07) is 8.97. The Morgan fingerprint density at radius 2 is 1.88 bits per heavy atom. The number of Topliss-reactive ketones (excluding diaryl/α,β-unsaturated/α-hetero) is 1. The molecule has 3 rings (SSSR count). The standard InChI is InChI=1S/C30H42ClN3O4.2H2S/c1-29(2,23-11-8-12-24(31)16-23)19-38-28(37)33-25(14-20-9-6-5-7-10-20)26(35)15-21(18-32)13-22-17-30(3,4)34-27(22)36;;/h8,11-12,16,20-22,25H,5-7,9-10,13-15,17,19H2,1-4H3,(H,33,37)(H,34,36);2*1H2/t21-,22?,25+;;/m1../s1. The molecule has 10 heteroatoms. The topological polar surface area (TPSA) is 108 Å². The highest BCUT2D eigenvalue weighted by molar-refractivity contribution is 7.59. The number of benzene rings is 1. The lowest BCUT2D eigenvalue weighted by Crippen LogP contribution is -2.44. The summed E-state index contributed by atoms with van der Waals surface area (Å²) < 4.78 is 5.58. The van der Waals surface area contributed by atoms with Gasteiger partial charge in [-0.2, -0.15) is 32.3 Å². The molecule has 40 heavy (non-hydrogen) atoms. The zero-order valence-electron chi connectivity index (χ0n) is 24.1. The van der Waals surface area contributed by atoms with E-state index in [1.54, 1.807) is 6.07 Å². The number of amides is 2. The molecule has 0 aromatic heterocycles. The largest absolute Gasteiger partial charge is 0.449 e. The highest BCUT2D eigenvalue weighted by atomic mass is 35.5. The number of nitrogens with zero attached hydrogens (tertiary/aromatic N) is 1. The number of nitriles is 1. The third-order valence-corrected chi connectivity index (χ3v) is 8.17. The van der Waals surface area contributed by atoms with Crippen molar-refractivity contribution >= 4 is 56.4 Å². The van der Waals surface area contributed by atoms with Gasteiger partial charge >= 0.3 is 6.09 Å². The lowest BCUT2D eigenvalue weighted by Gasteiger charge is -2.28. The molecule has 0 radical (unpaired) electrons. The summed E-state index contributed by atoms with van der Waals surface area (Å²) in [5, 5.41) is 16.2. The molecule has 1 aromatic rings. The monoisotopic (exact) mass is 611 g/mol. The van der Waals surface area contributed by atoms with Gasteiger partial charge in [-0.25, -0.2) is 4.79 Å². The molecule has 1 heterocycles. The van der Waals surface area contributed by atoms with Crippen LogP contribution in [0.15, 0.2) is 24.3 Å². The summed E-state index contributed by atoms with van der Waals surface area (Å²) in [5.74, 6) is -0.759. The zero-order chi connectivity index (χ0) is 27.9. The second kappa shape index (κ2) is 15.9. The maximum absolute atomic E-state index is 13.4. The molecule has 0 bridgehead atoms. The zero-order valence-corrected chi connectivity index (χ0v) is 26.9. The van der Waals surface area contributed by atoms with Crippen LogP contribution in [0.2, 0.25) is 5.02 Å². The van der Waals surface area contributed by atoms with E-state index in [0.717, 1.165) is 31.2 Å². The summed E-state index contributed by atoms with van der Waals surface area (Å²) in [6.07, 6.45) is 6.38. The van der Waals surface area contributed by atoms with Gasteiger partial charge in [0.2, 0.25) is 5.91 Å². The Morgan fingerprint density at radius 3 is 2.45 bits per heavy atom. The van der Waals surface area contributed by atoms with Crippen LogP contribution < -0.4 is 10.6 Å². The smallest absolute Gasteiger partial charge is 0.407 e. The van der Waals surface area contributed by atoms with E-state index in [-0.39, 0.29) is 63.2 Å². The molecule has 1 aromatic carbocycles. The van der Waals surface area contributed by atoms with Crippen molar-refractivity contribution in [1.82, 2.24) is 10.6 Å². The van der Waals surface area contributed by atoms with Crippen LogP contribution in [0.1, 0.15) is 91.0 Å². The van der Waals surface area contributed by atoms with E-state index >= 15 is 0 Å². The van der Waals surface area contributed by atoms with Crippen LogP contribution in [0.4, 0.5) is 4.79 Å². The van der Waals surface area contributed by atoms with Gasteiger partial charge in [-0.05, 0) is 56.7 Å². The summed E-state index contributed by atoms with van der Waals surface area (Å²) in [6.45, 7) is 7.97. The average Bonchev–Trinajstić information content (AvgIpc) is 3.13. The normalized spacial score (nSPS) is 20.1. The van der Waals surface area contributed by atoms with Crippen LogP contribution >= 0.6 is 38.6 Å². The van der Waals surface area contributed by atoms with Crippen LogP contribution in [0, 0.1) is 29.1 Å². The second-order valence-electron chi connectivity index (χ2n) is 12.4. The van der Waals surface area contributed by atoms with E-state index in [4.69, 9.17) is 16.3 Å². The molecular weight excluding hydrogens is 566 g/mol. The number of carbonyl (C=O) groups excluding carboxylic acids is 3. The molecule has 0 spiro atoms. The van der Waals surface area contributed by atoms with Crippen molar-refractivity contribution in [1.29, 1.82) is 5.26 Å². The Bertz CT molecular complexity index is 1050. The van der Waals surface area contributed by atoms with Crippen molar-refractivity contribution in [3.8, 4) is 6.07 Å². The number of nitrogens with one attached hydrogen (secondary N) is 2. The predicted molar refractivity (Wildman–Crippen MR) is 168 cm³/mol. The van der Waals surface area contributed by atoms with Crippen molar-refractivity contribution in [3.63, 3.8) is 0 Å². The Balaban J connectivity index is 0.00000400. The van der Waals surface area contributed by atoms with Gasteiger partial charge in [0.15, 0.2) is 5.78 Å². The fraction of sp³-hybridized carbons (Fsp3) is 0.667. The van der Waals surface area contributed by atoms with Crippen molar-refractivity contribution in [2.24, 2.45) is 17.8 Å². The first kappa shape index (κ1) is 36.1. The summed E-state index contributed by atoms with van der Waals surface area (Å²) in [5.41, 5.74) is 0.176. The van der Waals surface area contributed by atoms with Crippen LogP contribution in [-0.2, 0) is 19.7 Å². The van der Waals surface area contributed by atoms with E-state index in [9.17, 15) is 19.6 Å². The summed E-state index contributed by atoms with van der Waals surface area (Å²) in [7, 11) is 0. The lowest BCUT2D eigenvalue weighted by atomic mass is 9.82. The lowest BCUT2D eigenvalue weighted by molar-refractivity contribution is -0.124. The van der Waals surface area contributed by atoms with Crippen molar-refractivity contribution < 1.29 is 19.1 Å². The third kappa shape index (κ3) is 10.8. The Labute approximate surface area is 258 Å². The van der Waals surface area contributed by atoms with E-state index in [0.29, 0.717) is 30.2 Å². The first-order valence-electron chi connectivity index (χ1n) is 13.8. The molecule has 1 aliphatic carbocycles. The van der Waals surface area contributed by atoms with E-state index < -0.39 is 23.5 Å². The molecule has 1 saturated carbocycles. The number of halogens is 1. The molecule has 224 valence electrons. The molecule has 7 nitrogen and oxygen atoms in total. The van der Waals surface area contributed by atoms with Gasteiger partial charge < -0.3 is 15.4 Å². The Morgan fingerprint density at radius 1 is 1.20 bits per heavy atom. The van der Waals surface area contributed by atoms with E-state index in [1.165, 1.54) is 6.42 Å². The average molecular weight is 612 g/mol. The van der Waals surface area contributed by atoms with E-state index in [2.05, 4.69) is 16.7 Å². The number of carbonyl (C=O) groups is 3. The quantitative estimate of drug-likeness (QED) is 0.305. The van der Waals surface area contributed by atoms with Gasteiger partial charge in [0.1, 0.15) is 6.61 Å². The molecule has 2 aliphatic rings. The van der Waals surface area contributed by atoms with E-state index in [1.807, 2.05) is 45.9 Å². The maximum atomic E-state index is 13.4. The molecule has 1 unspecified atom stereocenters. The number of alkyl carbamates (subject to hydrolysis) is 1. The van der Waals surface area contributed by atoms with Gasteiger partial charge in [0.25, 0.3) is 0 Å². The van der Waals surface area contributed by atoms with Crippen molar-refractivity contribution in [2.75, 3.05) is 6.61 Å². The minimum Gasteiger partial charge on any atom is -0.449 e. The van der Waals surface area contributed by atoms with Gasteiger partial charge in [0.05, 0.1) is 18.0 Å². The molecule has 2 fully saturated rings. The molecule has 1 aliphatic heterocycles. The molecule has 3 atom stereocenters. The maximum Gasteiger partial charge on any atom is 0.407 e. The van der Waals surface area contributed by atoms with Gasteiger partial charge in [-0.1, -0.05) is 69.7 Å². The number of rotatable bonds is 11. The second-order valence-corrected chi connectivity index (χ2v) is 12.8. The fourth-order valence-corrected chi connectivity index (χ4v) is 5.94. The first-order valence-corrected chi connectivity index (χ1v) is 14.2. The summed E-state index contributed by atoms with van der Waals surface area (Å²) >= 11 is 6.14. The van der Waals surface area contributed by atoms with Crippen LogP contribution in [0.25, 0.3) is 0 Å². The number of hydrogen-bond acceptors (Lipinski definition) is 5. The highest BCUT2D eigenvalue weighted by Crippen LogP contribution is 2.32. The predicted octanol–water partition coefficient (Wildman–Crippen LogP) is 6.31. The van der Waals surface area contributed by atoms with Crippen LogP contribution in [0.5, 0.6) is 0 Å². The minimum absolute atomic E-state index is 0. The molecular formula is C30H46ClN3O4S2. The number of hydrogen-bond donors (Lipinski definition) is 2. The Hall–Kier alpha value is -1.89. The highest BCUT2D eigenvalue weighted by Gasteiger charge is 2.39. The van der Waals surface area contributed by atoms with Crippen molar-refractivity contribution in [3.05, 3.63) is 34.9 Å². The minimum atomic E-state index is -0.718. The Kier molecular flexibility index (Phi) is 14.4. The third-order valence-electron chi connectivity index (χ3n) is 7.93. The SMILES string of the molecule is CC1(C)CC(C[C@@H](C#N)CC(=O)[C@H](CC2CCCCC2)NC(=O)OCC(C)(C)c2cccc(Cl)c2)C(=O)N1.S.S. The van der Waals surface area contributed by atoms with Gasteiger partial charge in [0, 0.05) is 28.3 Å². The fourth-order valence-electron chi connectivity index (χ4n) is 5.75. The van der Waals surface area contributed by atoms with Crippen molar-refractivity contribution in [2.45, 2.75) is 102 Å². The van der Waals surface area contributed by atoms with Crippen LogP contribution in [0.3, 0.4) is 0 Å². The van der Waals surface area contributed by atoms with Gasteiger partial charge in [-0.15, -0.1) is 0 Å². The number of ether oxygens (including phenoxy) is 1. The molecule has 2 amide bonds. The number of ketones is 1. The first-order chi connectivity index (χ1) is 17.9. The van der Waals surface area contributed by atoms with Gasteiger partial charge in [-0.3, -0.25) is 9.59 Å². The summed E-state index contributed by atoms with van der Waals surface area (Å²) in [4.78, 5) is 38.6. The van der Waals surface area contributed by atoms with Crippen LogP contribution in [-0.4, -0.2) is 36.0 Å². The molecule has 1 saturated heterocycles.